The lowest BCUT2D eigenvalue weighted by Gasteiger charge is -2.16. The van der Waals surface area contributed by atoms with Crippen molar-refractivity contribution < 1.29 is 19.5 Å². The van der Waals surface area contributed by atoms with Gasteiger partial charge in [-0.15, -0.1) is 0 Å². The molecule has 0 aliphatic carbocycles. The highest BCUT2D eigenvalue weighted by Gasteiger charge is 2.16. The molecule has 1 rings (SSSR count). The monoisotopic (exact) mass is 252 g/mol. The predicted octanol–water partition coefficient (Wildman–Crippen LogP) is -0.271. The Hall–Kier alpha value is -2.64. The Morgan fingerprint density at radius 1 is 1.50 bits per heavy atom. The molecule has 0 aliphatic rings. The van der Waals surface area contributed by atoms with Gasteiger partial charge in [-0.05, 0) is 12.1 Å². The van der Waals surface area contributed by atoms with E-state index in [1.165, 1.54) is 25.4 Å². The minimum atomic E-state index is -1.26. The number of urea groups is 1. The van der Waals surface area contributed by atoms with Crippen LogP contribution in [0.3, 0.4) is 0 Å². The van der Waals surface area contributed by atoms with Crippen LogP contribution in [0.2, 0.25) is 0 Å². The fourth-order valence-corrected chi connectivity index (χ4v) is 1.19. The number of nitrogens with zero attached hydrogens (tertiary/aromatic N) is 2. The van der Waals surface area contributed by atoms with Crippen LogP contribution >= 0.6 is 0 Å². The number of rotatable bonds is 4. The third kappa shape index (κ3) is 3.44. The van der Waals surface area contributed by atoms with E-state index in [4.69, 9.17) is 10.8 Å². The van der Waals surface area contributed by atoms with Gasteiger partial charge in [0.05, 0.1) is 5.69 Å². The number of hydrogen-bond donors (Lipinski definition) is 3. The summed E-state index contributed by atoms with van der Waals surface area (Å²) in [5, 5.41) is 11.2. The number of pyridine rings is 1. The van der Waals surface area contributed by atoms with Crippen LogP contribution in [0.5, 0.6) is 0 Å². The number of nitrogens with two attached hydrogens (primary N) is 1. The Bertz CT molecular complexity index is 489. The van der Waals surface area contributed by atoms with Crippen LogP contribution in [0.4, 0.5) is 10.5 Å². The van der Waals surface area contributed by atoms with E-state index in [0.29, 0.717) is 0 Å². The van der Waals surface area contributed by atoms with Gasteiger partial charge < -0.3 is 21.1 Å². The SMILES string of the molecule is CN(CC(N)=O)C(=O)Nc1cccnc1C(=O)O. The maximum Gasteiger partial charge on any atom is 0.356 e. The molecule has 3 amide bonds. The standard InChI is InChI=1S/C10H12N4O4/c1-14(5-7(11)15)10(18)13-6-3-2-4-12-8(6)9(16)17/h2-4H,5H2,1H3,(H2,11,15)(H,13,18)(H,16,17). The summed E-state index contributed by atoms with van der Waals surface area (Å²) in [4.78, 5) is 37.8. The van der Waals surface area contributed by atoms with Crippen molar-refractivity contribution in [3.8, 4) is 0 Å². The maximum atomic E-state index is 11.6. The molecule has 0 aliphatic heterocycles. The fraction of sp³-hybridized carbons (Fsp3) is 0.200. The third-order valence-electron chi connectivity index (χ3n) is 1.99. The first-order chi connectivity index (χ1) is 8.41. The fourth-order valence-electron chi connectivity index (χ4n) is 1.19. The van der Waals surface area contributed by atoms with Gasteiger partial charge in [-0.1, -0.05) is 0 Å². The molecular formula is C10H12N4O4. The molecule has 0 radical (unpaired) electrons. The second-order valence-electron chi connectivity index (χ2n) is 3.46. The van der Waals surface area contributed by atoms with Gasteiger partial charge in [0.1, 0.15) is 6.54 Å². The number of primary amides is 1. The minimum Gasteiger partial charge on any atom is -0.476 e. The maximum absolute atomic E-state index is 11.6. The van der Waals surface area contributed by atoms with E-state index in [-0.39, 0.29) is 17.9 Å². The van der Waals surface area contributed by atoms with Gasteiger partial charge in [-0.2, -0.15) is 0 Å². The van der Waals surface area contributed by atoms with E-state index < -0.39 is 17.9 Å². The summed E-state index contributed by atoms with van der Waals surface area (Å²) < 4.78 is 0. The average molecular weight is 252 g/mol. The second kappa shape index (κ2) is 5.62. The second-order valence-corrected chi connectivity index (χ2v) is 3.46. The van der Waals surface area contributed by atoms with Crippen LogP contribution in [0.15, 0.2) is 18.3 Å². The summed E-state index contributed by atoms with van der Waals surface area (Å²) in [5.41, 5.74) is 4.70. The van der Waals surface area contributed by atoms with Crippen molar-refractivity contribution in [1.82, 2.24) is 9.88 Å². The molecule has 8 heteroatoms. The number of aromatic nitrogens is 1. The van der Waals surface area contributed by atoms with Crippen LogP contribution in [0, 0.1) is 0 Å². The molecule has 1 aromatic rings. The largest absolute Gasteiger partial charge is 0.476 e. The van der Waals surface area contributed by atoms with Crippen molar-refractivity contribution in [1.29, 1.82) is 0 Å². The number of anilines is 1. The number of carbonyl (C=O) groups excluding carboxylic acids is 2. The Morgan fingerprint density at radius 2 is 2.17 bits per heavy atom. The topological polar surface area (TPSA) is 126 Å². The summed E-state index contributed by atoms with van der Waals surface area (Å²) in [6.45, 7) is -0.269. The highest BCUT2D eigenvalue weighted by molar-refractivity contribution is 5.99. The average Bonchev–Trinajstić information content (AvgIpc) is 2.28. The summed E-state index contributed by atoms with van der Waals surface area (Å²) in [6.07, 6.45) is 1.30. The zero-order valence-corrected chi connectivity index (χ0v) is 9.58. The predicted molar refractivity (Wildman–Crippen MR) is 62.0 cm³/mol. The highest BCUT2D eigenvalue weighted by Crippen LogP contribution is 2.12. The van der Waals surface area contributed by atoms with Crippen LogP contribution in [0.25, 0.3) is 0 Å². The lowest BCUT2D eigenvalue weighted by Crippen LogP contribution is -2.38. The summed E-state index contributed by atoms with van der Waals surface area (Å²) in [5.74, 6) is -1.93. The lowest BCUT2D eigenvalue weighted by molar-refractivity contribution is -0.118. The summed E-state index contributed by atoms with van der Waals surface area (Å²) in [6, 6.07) is 2.23. The van der Waals surface area contributed by atoms with E-state index in [2.05, 4.69) is 10.3 Å². The normalized spacial score (nSPS) is 9.61. The van der Waals surface area contributed by atoms with Gasteiger partial charge in [0.2, 0.25) is 5.91 Å². The number of nitrogens with one attached hydrogen (secondary N) is 1. The molecule has 0 fully saturated rings. The van der Waals surface area contributed by atoms with Gasteiger partial charge in [-0.3, -0.25) is 4.79 Å². The van der Waals surface area contributed by atoms with Gasteiger partial charge >= 0.3 is 12.0 Å². The van der Waals surface area contributed by atoms with E-state index >= 15 is 0 Å². The molecule has 4 N–H and O–H groups in total. The van der Waals surface area contributed by atoms with Gasteiger partial charge in [-0.25, -0.2) is 14.6 Å². The van der Waals surface area contributed by atoms with E-state index in [1.807, 2.05) is 0 Å². The molecule has 0 bridgehead atoms. The van der Waals surface area contributed by atoms with Gasteiger partial charge in [0.25, 0.3) is 0 Å². The van der Waals surface area contributed by atoms with Gasteiger partial charge in [0, 0.05) is 13.2 Å². The Labute approximate surface area is 102 Å². The van der Waals surface area contributed by atoms with Crippen LogP contribution in [-0.4, -0.2) is 46.5 Å². The molecule has 0 atom stereocenters. The molecule has 1 heterocycles. The number of aromatic carboxylic acids is 1. The zero-order chi connectivity index (χ0) is 13.7. The molecule has 0 saturated heterocycles. The van der Waals surface area contributed by atoms with E-state index in [1.54, 1.807) is 0 Å². The molecule has 18 heavy (non-hydrogen) atoms. The first-order valence-corrected chi connectivity index (χ1v) is 4.90. The first-order valence-electron chi connectivity index (χ1n) is 4.90. The number of amides is 3. The van der Waals surface area contributed by atoms with E-state index in [0.717, 1.165) is 4.90 Å². The molecule has 0 unspecified atom stereocenters. The molecule has 8 nitrogen and oxygen atoms in total. The zero-order valence-electron chi connectivity index (χ0n) is 9.58. The molecule has 96 valence electrons. The molecule has 0 saturated carbocycles. The number of carboxylic acid groups (broad SMARTS) is 1. The number of carbonyl (C=O) groups is 3. The lowest BCUT2D eigenvalue weighted by atomic mass is 10.3. The molecule has 1 aromatic heterocycles. The number of likely N-dealkylation sites (N-methyl/N-ethyl adjacent to an activating group) is 1. The quantitative estimate of drug-likeness (QED) is 0.680. The smallest absolute Gasteiger partial charge is 0.356 e. The summed E-state index contributed by atoms with van der Waals surface area (Å²) in [7, 11) is 1.36. The number of carboxylic acids is 1. The van der Waals surface area contributed by atoms with Crippen molar-refractivity contribution in [2.24, 2.45) is 5.73 Å². The van der Waals surface area contributed by atoms with Crippen molar-refractivity contribution in [2.75, 3.05) is 18.9 Å². The Morgan fingerprint density at radius 3 is 2.72 bits per heavy atom. The minimum absolute atomic E-state index is 0.0475. The summed E-state index contributed by atoms with van der Waals surface area (Å²) >= 11 is 0. The third-order valence-corrected chi connectivity index (χ3v) is 1.99. The molecular weight excluding hydrogens is 240 g/mol. The first kappa shape index (κ1) is 13.4. The van der Waals surface area contributed by atoms with Crippen LogP contribution < -0.4 is 11.1 Å². The highest BCUT2D eigenvalue weighted by atomic mass is 16.4. The molecule has 0 aromatic carbocycles. The van der Waals surface area contributed by atoms with Crippen LogP contribution in [0.1, 0.15) is 10.5 Å². The van der Waals surface area contributed by atoms with E-state index in [9.17, 15) is 14.4 Å². The molecule has 0 spiro atoms. The van der Waals surface area contributed by atoms with Gasteiger partial charge in [0.15, 0.2) is 5.69 Å². The van der Waals surface area contributed by atoms with Crippen molar-refractivity contribution in [3.63, 3.8) is 0 Å². The Kier molecular flexibility index (Phi) is 4.19. The Balaban J connectivity index is 2.82. The van der Waals surface area contributed by atoms with Crippen molar-refractivity contribution in [2.45, 2.75) is 0 Å². The number of hydrogen-bond acceptors (Lipinski definition) is 4. The van der Waals surface area contributed by atoms with Crippen molar-refractivity contribution in [3.05, 3.63) is 24.0 Å². The van der Waals surface area contributed by atoms with Crippen LogP contribution in [-0.2, 0) is 4.79 Å². The van der Waals surface area contributed by atoms with Crippen molar-refractivity contribution >= 4 is 23.6 Å².